The van der Waals surface area contributed by atoms with Gasteiger partial charge >= 0.3 is 0 Å². The number of para-hydroxylation sites is 1. The van der Waals surface area contributed by atoms with Gasteiger partial charge in [0.15, 0.2) is 5.58 Å². The summed E-state index contributed by atoms with van der Waals surface area (Å²) in [6, 6.07) is 15.9. The number of hydrogen-bond acceptors (Lipinski definition) is 8. The van der Waals surface area contributed by atoms with Gasteiger partial charge in [-0.2, -0.15) is 10.2 Å². The van der Waals surface area contributed by atoms with Gasteiger partial charge in [-0.1, -0.05) is 12.1 Å². The predicted molar refractivity (Wildman–Crippen MR) is 143 cm³/mol. The zero-order chi connectivity index (χ0) is 26.8. The molecule has 2 aliphatic heterocycles. The molecule has 3 heterocycles. The quantitative estimate of drug-likeness (QED) is 0.370. The highest BCUT2D eigenvalue weighted by molar-refractivity contribution is 5.91. The van der Waals surface area contributed by atoms with E-state index in [1.807, 2.05) is 11.0 Å². The first kappa shape index (κ1) is 25.2. The first-order valence-corrected chi connectivity index (χ1v) is 12.9. The van der Waals surface area contributed by atoms with Gasteiger partial charge in [0.2, 0.25) is 0 Å². The number of ether oxygens (including phenoxy) is 2. The number of morpholine rings is 2. The summed E-state index contributed by atoms with van der Waals surface area (Å²) in [5, 5.41) is 12.8. The molecule has 3 aromatic carbocycles. The highest BCUT2D eigenvalue weighted by atomic mass is 19.1. The van der Waals surface area contributed by atoms with Crippen LogP contribution in [0.3, 0.4) is 0 Å². The lowest BCUT2D eigenvalue weighted by Crippen LogP contribution is -2.36. The van der Waals surface area contributed by atoms with E-state index in [2.05, 4.69) is 21.3 Å². The van der Waals surface area contributed by atoms with Crippen LogP contribution < -0.4 is 10.2 Å². The molecule has 0 saturated carbocycles. The van der Waals surface area contributed by atoms with Crippen molar-refractivity contribution in [3.8, 4) is 17.2 Å². The largest absolute Gasteiger partial charge is 0.423 e. The van der Waals surface area contributed by atoms with Gasteiger partial charge in [-0.05, 0) is 42.0 Å². The molecular formula is C29H27F2N5O3. The van der Waals surface area contributed by atoms with Gasteiger partial charge < -0.3 is 24.1 Å². The minimum absolute atomic E-state index is 0.0460. The molecule has 2 aliphatic rings. The lowest BCUT2D eigenvalue weighted by atomic mass is 10.0. The van der Waals surface area contributed by atoms with Crippen LogP contribution in [0.2, 0.25) is 0 Å². The third-order valence-electron chi connectivity index (χ3n) is 7.07. The molecule has 0 amide bonds. The van der Waals surface area contributed by atoms with Crippen molar-refractivity contribution in [2.24, 2.45) is 0 Å². The number of aromatic nitrogens is 1. The second-order valence-corrected chi connectivity index (χ2v) is 9.55. The number of hydrogen-bond donors (Lipinski definition) is 1. The minimum Gasteiger partial charge on any atom is -0.423 e. The standard InChI is InChI=1S/C29H27F2N5O3/c30-24-14-20(15-25(31)23(24)18-35-6-10-37-11-7-35)22-2-1-3-26-28(22)39-29(34-26)33-21-5-4-19(17-32)27(16-21)36-8-12-38-13-9-36/h1-5,14-16H,6-13,18H2,(H,33,34). The molecule has 0 unspecified atom stereocenters. The van der Waals surface area contributed by atoms with Crippen LogP contribution in [0.15, 0.2) is 52.9 Å². The maximum atomic E-state index is 15.1. The first-order chi connectivity index (χ1) is 19.1. The van der Waals surface area contributed by atoms with Gasteiger partial charge in [-0.3, -0.25) is 4.90 Å². The number of rotatable bonds is 6. The molecule has 8 nitrogen and oxygen atoms in total. The van der Waals surface area contributed by atoms with E-state index in [1.54, 1.807) is 30.3 Å². The van der Waals surface area contributed by atoms with E-state index in [1.165, 1.54) is 12.1 Å². The molecule has 0 atom stereocenters. The second kappa shape index (κ2) is 11.0. The second-order valence-electron chi connectivity index (χ2n) is 9.55. The fourth-order valence-corrected chi connectivity index (χ4v) is 5.02. The number of benzene rings is 3. The molecule has 200 valence electrons. The fraction of sp³-hybridized carbons (Fsp3) is 0.310. The summed E-state index contributed by atoms with van der Waals surface area (Å²) in [7, 11) is 0. The maximum absolute atomic E-state index is 15.1. The molecule has 6 rings (SSSR count). The highest BCUT2D eigenvalue weighted by Crippen LogP contribution is 2.34. The number of nitrogens with zero attached hydrogens (tertiary/aromatic N) is 4. The van der Waals surface area contributed by atoms with Crippen molar-refractivity contribution in [2.45, 2.75) is 6.54 Å². The number of nitrogens with one attached hydrogen (secondary N) is 1. The van der Waals surface area contributed by atoms with Crippen molar-refractivity contribution in [3.63, 3.8) is 0 Å². The maximum Gasteiger partial charge on any atom is 0.300 e. The Morgan fingerprint density at radius 3 is 2.36 bits per heavy atom. The van der Waals surface area contributed by atoms with E-state index in [9.17, 15) is 5.26 Å². The van der Waals surface area contributed by atoms with E-state index >= 15 is 8.78 Å². The monoisotopic (exact) mass is 531 g/mol. The van der Waals surface area contributed by atoms with Crippen molar-refractivity contribution >= 4 is 28.5 Å². The Morgan fingerprint density at radius 2 is 1.64 bits per heavy atom. The normalized spacial score (nSPS) is 16.4. The average molecular weight is 532 g/mol. The van der Waals surface area contributed by atoms with Crippen molar-refractivity contribution in [3.05, 3.63) is 71.3 Å². The van der Waals surface area contributed by atoms with Crippen molar-refractivity contribution in [2.75, 3.05) is 62.8 Å². The number of fused-ring (bicyclic) bond motifs is 1. The Kier molecular flexibility index (Phi) is 7.11. The SMILES string of the molecule is N#Cc1ccc(Nc2nc3cccc(-c4cc(F)c(CN5CCOCC5)c(F)c4)c3o2)cc1N1CCOCC1. The summed E-state index contributed by atoms with van der Waals surface area (Å²) < 4.78 is 47.0. The summed E-state index contributed by atoms with van der Waals surface area (Å²) in [5.41, 5.74) is 4.01. The molecule has 0 spiro atoms. The lowest BCUT2D eigenvalue weighted by molar-refractivity contribution is 0.0332. The van der Waals surface area contributed by atoms with Crippen molar-refractivity contribution in [1.82, 2.24) is 9.88 Å². The number of anilines is 3. The van der Waals surface area contributed by atoms with Crippen LogP contribution in [0, 0.1) is 23.0 Å². The van der Waals surface area contributed by atoms with E-state index in [4.69, 9.17) is 13.9 Å². The zero-order valence-electron chi connectivity index (χ0n) is 21.3. The van der Waals surface area contributed by atoms with Crippen LogP contribution in [-0.4, -0.2) is 62.5 Å². The summed E-state index contributed by atoms with van der Waals surface area (Å²) >= 11 is 0. The first-order valence-electron chi connectivity index (χ1n) is 12.9. The summed E-state index contributed by atoms with van der Waals surface area (Å²) in [4.78, 5) is 8.63. The molecular weight excluding hydrogens is 504 g/mol. The molecule has 4 aromatic rings. The Morgan fingerprint density at radius 1 is 0.923 bits per heavy atom. The fourth-order valence-electron chi connectivity index (χ4n) is 5.02. The van der Waals surface area contributed by atoms with Crippen LogP contribution in [0.4, 0.5) is 26.2 Å². The predicted octanol–water partition coefficient (Wildman–Crippen LogP) is 5.06. The molecule has 0 radical (unpaired) electrons. The third kappa shape index (κ3) is 5.29. The Labute approximate surface area is 224 Å². The van der Waals surface area contributed by atoms with E-state index in [0.717, 1.165) is 5.69 Å². The van der Waals surface area contributed by atoms with Gasteiger partial charge in [-0.15, -0.1) is 0 Å². The molecule has 2 fully saturated rings. The summed E-state index contributed by atoms with van der Waals surface area (Å²) in [5.74, 6) is -1.20. The van der Waals surface area contributed by atoms with Crippen molar-refractivity contribution < 1.29 is 22.7 Å². The number of oxazole rings is 1. The minimum atomic E-state index is -0.598. The summed E-state index contributed by atoms with van der Waals surface area (Å²) in [6.07, 6.45) is 0. The van der Waals surface area contributed by atoms with Gasteiger partial charge in [0.1, 0.15) is 23.2 Å². The van der Waals surface area contributed by atoms with Crippen LogP contribution in [-0.2, 0) is 16.0 Å². The smallest absolute Gasteiger partial charge is 0.300 e. The average Bonchev–Trinajstić information content (AvgIpc) is 3.38. The molecule has 1 N–H and O–H groups in total. The van der Waals surface area contributed by atoms with Gasteiger partial charge in [0, 0.05) is 49.5 Å². The van der Waals surface area contributed by atoms with Gasteiger partial charge in [0.05, 0.1) is 37.7 Å². The lowest BCUT2D eigenvalue weighted by Gasteiger charge is -2.29. The van der Waals surface area contributed by atoms with Gasteiger partial charge in [0.25, 0.3) is 6.01 Å². The zero-order valence-corrected chi connectivity index (χ0v) is 21.3. The van der Waals surface area contributed by atoms with E-state index < -0.39 is 11.6 Å². The molecule has 10 heteroatoms. The van der Waals surface area contributed by atoms with Gasteiger partial charge in [-0.25, -0.2) is 8.78 Å². The Bertz CT molecular complexity index is 1510. The molecule has 0 aliphatic carbocycles. The van der Waals surface area contributed by atoms with Crippen LogP contribution >= 0.6 is 0 Å². The van der Waals surface area contributed by atoms with E-state index in [-0.39, 0.29) is 18.1 Å². The van der Waals surface area contributed by atoms with Crippen LogP contribution in [0.5, 0.6) is 0 Å². The number of halogens is 2. The Balaban J connectivity index is 1.28. The molecule has 2 saturated heterocycles. The summed E-state index contributed by atoms with van der Waals surface area (Å²) in [6.45, 7) is 5.19. The van der Waals surface area contributed by atoms with Crippen molar-refractivity contribution in [1.29, 1.82) is 5.26 Å². The topological polar surface area (TPSA) is 86.8 Å². The third-order valence-corrected chi connectivity index (χ3v) is 7.07. The Hall–Kier alpha value is -4.04. The molecule has 1 aromatic heterocycles. The van der Waals surface area contributed by atoms with Crippen LogP contribution in [0.25, 0.3) is 22.2 Å². The molecule has 0 bridgehead atoms. The number of nitriles is 1. The van der Waals surface area contributed by atoms with E-state index in [0.29, 0.717) is 86.1 Å². The highest BCUT2D eigenvalue weighted by Gasteiger charge is 2.20. The molecule has 39 heavy (non-hydrogen) atoms. The van der Waals surface area contributed by atoms with Crippen LogP contribution in [0.1, 0.15) is 11.1 Å².